The highest BCUT2D eigenvalue weighted by atomic mass is 16.5. The van der Waals surface area contributed by atoms with E-state index < -0.39 is 11.9 Å². The van der Waals surface area contributed by atoms with E-state index >= 15 is 0 Å². The summed E-state index contributed by atoms with van der Waals surface area (Å²) in [6.45, 7) is 0. The Bertz CT molecular complexity index is 310. The first-order valence-electron chi connectivity index (χ1n) is 4.20. The number of nitrogens with zero attached hydrogens (tertiary/aromatic N) is 1. The highest BCUT2D eigenvalue weighted by Gasteiger charge is 2.18. The summed E-state index contributed by atoms with van der Waals surface area (Å²) >= 11 is 0. The first-order chi connectivity index (χ1) is 6.77. The quantitative estimate of drug-likeness (QED) is 0.399. The summed E-state index contributed by atoms with van der Waals surface area (Å²) < 4.78 is 4.48. The molecule has 1 rings (SSSR count). The van der Waals surface area contributed by atoms with Crippen molar-refractivity contribution in [3.05, 3.63) is 30.1 Å². The summed E-state index contributed by atoms with van der Waals surface area (Å²) in [5, 5.41) is 0. The number of carbonyl (C=O) groups is 2. The first-order valence-corrected chi connectivity index (χ1v) is 4.20. The molecule has 1 aromatic rings. The highest BCUT2D eigenvalue weighted by molar-refractivity contribution is 5.87. The van der Waals surface area contributed by atoms with E-state index in [2.05, 4.69) is 9.72 Å². The van der Waals surface area contributed by atoms with Crippen molar-refractivity contribution >= 4 is 12.3 Å². The lowest BCUT2D eigenvalue weighted by molar-refractivity contribution is -0.146. The van der Waals surface area contributed by atoms with Gasteiger partial charge in [0.25, 0.3) is 0 Å². The molecule has 1 heterocycles. The summed E-state index contributed by atoms with van der Waals surface area (Å²) in [5.74, 6) is -1.24. The Morgan fingerprint density at radius 3 is 3.00 bits per heavy atom. The molecule has 74 valence electrons. The van der Waals surface area contributed by atoms with Gasteiger partial charge in [0, 0.05) is 12.4 Å². The van der Waals surface area contributed by atoms with Gasteiger partial charge >= 0.3 is 5.97 Å². The third kappa shape index (κ3) is 2.65. The molecule has 1 aromatic heterocycles. The lowest BCUT2D eigenvalue weighted by atomic mass is 10.0. The zero-order valence-corrected chi connectivity index (χ0v) is 7.84. The van der Waals surface area contributed by atoms with E-state index in [1.165, 1.54) is 7.11 Å². The van der Waals surface area contributed by atoms with E-state index in [1.54, 1.807) is 18.5 Å². The molecule has 0 aliphatic heterocycles. The second-order valence-corrected chi connectivity index (χ2v) is 2.83. The molecule has 0 aliphatic carbocycles. The van der Waals surface area contributed by atoms with E-state index in [4.69, 9.17) is 0 Å². The molecular weight excluding hydrogens is 182 g/mol. The van der Waals surface area contributed by atoms with Crippen LogP contribution >= 0.6 is 0 Å². The van der Waals surface area contributed by atoms with Gasteiger partial charge in [-0.3, -0.25) is 9.78 Å². The topological polar surface area (TPSA) is 56.3 Å². The molecule has 0 fully saturated rings. The van der Waals surface area contributed by atoms with Crippen LogP contribution in [0.4, 0.5) is 0 Å². The highest BCUT2D eigenvalue weighted by Crippen LogP contribution is 2.06. The summed E-state index contributed by atoms with van der Waals surface area (Å²) in [4.78, 5) is 25.6. The Balaban J connectivity index is 2.66. The maximum Gasteiger partial charge on any atom is 0.316 e. The monoisotopic (exact) mass is 193 g/mol. The van der Waals surface area contributed by atoms with Crippen molar-refractivity contribution in [1.82, 2.24) is 4.98 Å². The molecule has 0 aliphatic rings. The van der Waals surface area contributed by atoms with Crippen molar-refractivity contribution in [1.29, 1.82) is 0 Å². The third-order valence-corrected chi connectivity index (χ3v) is 1.85. The summed E-state index contributed by atoms with van der Waals surface area (Å²) in [6.07, 6.45) is 4.19. The second kappa shape index (κ2) is 5.11. The number of hydrogen-bond donors (Lipinski definition) is 0. The molecule has 4 nitrogen and oxygen atoms in total. The maximum absolute atomic E-state index is 11.1. The minimum absolute atomic E-state index is 0.337. The van der Waals surface area contributed by atoms with Gasteiger partial charge in [0.05, 0.1) is 7.11 Å². The number of carbonyl (C=O) groups excluding carboxylic acids is 2. The number of aromatic nitrogens is 1. The fourth-order valence-corrected chi connectivity index (χ4v) is 1.11. The first kappa shape index (κ1) is 10.4. The molecule has 0 amide bonds. The van der Waals surface area contributed by atoms with Gasteiger partial charge in [-0.1, -0.05) is 6.07 Å². The number of methoxy groups -OCH3 is 1. The number of rotatable bonds is 4. The maximum atomic E-state index is 11.1. The standard InChI is InChI=1S/C10H11NO3/c1-14-10(13)9(7-12)5-8-3-2-4-11-6-8/h2-4,6-7,9H,5H2,1H3/t9-/m0/s1. The van der Waals surface area contributed by atoms with E-state index in [0.29, 0.717) is 12.7 Å². The molecule has 1 atom stereocenters. The summed E-state index contributed by atoms with van der Waals surface area (Å²) in [5.41, 5.74) is 0.843. The Hall–Kier alpha value is -1.71. The number of aldehydes is 1. The zero-order valence-electron chi connectivity index (χ0n) is 7.84. The van der Waals surface area contributed by atoms with Crippen LogP contribution < -0.4 is 0 Å². The predicted octanol–water partition coefficient (Wildman–Crippen LogP) is 0.612. The van der Waals surface area contributed by atoms with Crippen LogP contribution in [0.15, 0.2) is 24.5 Å². The van der Waals surface area contributed by atoms with Crippen LogP contribution in [0.25, 0.3) is 0 Å². The SMILES string of the molecule is COC(=O)[C@H](C=O)Cc1cccnc1. The van der Waals surface area contributed by atoms with Gasteiger partial charge in [-0.25, -0.2) is 0 Å². The minimum Gasteiger partial charge on any atom is -0.468 e. The van der Waals surface area contributed by atoms with E-state index in [0.717, 1.165) is 5.56 Å². The van der Waals surface area contributed by atoms with Crippen LogP contribution in [0, 0.1) is 5.92 Å². The molecule has 4 heteroatoms. The molecule has 0 unspecified atom stereocenters. The number of ether oxygens (including phenoxy) is 1. The van der Waals surface area contributed by atoms with Gasteiger partial charge in [0.2, 0.25) is 0 Å². The van der Waals surface area contributed by atoms with Gasteiger partial charge in [0.1, 0.15) is 12.2 Å². The molecule has 0 N–H and O–H groups in total. The van der Waals surface area contributed by atoms with Gasteiger partial charge in [0.15, 0.2) is 0 Å². The number of pyridine rings is 1. The van der Waals surface area contributed by atoms with Crippen LogP contribution in [0.1, 0.15) is 5.56 Å². The Kier molecular flexibility index (Phi) is 3.79. The van der Waals surface area contributed by atoms with Crippen molar-refractivity contribution < 1.29 is 14.3 Å². The van der Waals surface area contributed by atoms with Crippen molar-refractivity contribution in [3.8, 4) is 0 Å². The Labute approximate surface area is 81.9 Å². The zero-order chi connectivity index (χ0) is 10.4. The average molecular weight is 193 g/mol. The van der Waals surface area contributed by atoms with Gasteiger partial charge < -0.3 is 9.53 Å². The van der Waals surface area contributed by atoms with E-state index in [9.17, 15) is 9.59 Å². The molecule has 0 saturated carbocycles. The van der Waals surface area contributed by atoms with Crippen LogP contribution in [-0.4, -0.2) is 24.3 Å². The van der Waals surface area contributed by atoms with E-state index in [-0.39, 0.29) is 0 Å². The molecule has 0 bridgehead atoms. The van der Waals surface area contributed by atoms with Gasteiger partial charge in [-0.2, -0.15) is 0 Å². The van der Waals surface area contributed by atoms with Crippen LogP contribution in [0.2, 0.25) is 0 Å². The van der Waals surface area contributed by atoms with Crippen LogP contribution in [0.3, 0.4) is 0 Å². The molecule has 14 heavy (non-hydrogen) atoms. The summed E-state index contributed by atoms with van der Waals surface area (Å²) in [7, 11) is 1.27. The van der Waals surface area contributed by atoms with Crippen molar-refractivity contribution in [2.45, 2.75) is 6.42 Å². The fraction of sp³-hybridized carbons (Fsp3) is 0.300. The largest absolute Gasteiger partial charge is 0.468 e. The molecule has 0 saturated heterocycles. The molecule has 0 radical (unpaired) electrons. The predicted molar refractivity (Wildman–Crippen MR) is 49.5 cm³/mol. The Morgan fingerprint density at radius 2 is 2.50 bits per heavy atom. The van der Waals surface area contributed by atoms with Crippen LogP contribution in [0.5, 0.6) is 0 Å². The summed E-state index contributed by atoms with van der Waals surface area (Å²) in [6, 6.07) is 3.57. The molecular formula is C10H11NO3. The lowest BCUT2D eigenvalue weighted by Crippen LogP contribution is -2.19. The van der Waals surface area contributed by atoms with Gasteiger partial charge in [-0.15, -0.1) is 0 Å². The molecule has 0 aromatic carbocycles. The van der Waals surface area contributed by atoms with Gasteiger partial charge in [-0.05, 0) is 18.1 Å². The lowest BCUT2D eigenvalue weighted by Gasteiger charge is -2.06. The number of esters is 1. The minimum atomic E-state index is -0.732. The Morgan fingerprint density at radius 1 is 1.71 bits per heavy atom. The van der Waals surface area contributed by atoms with Crippen molar-refractivity contribution in [2.75, 3.05) is 7.11 Å². The van der Waals surface area contributed by atoms with Crippen molar-refractivity contribution in [2.24, 2.45) is 5.92 Å². The molecule has 0 spiro atoms. The third-order valence-electron chi connectivity index (χ3n) is 1.85. The van der Waals surface area contributed by atoms with Crippen LogP contribution in [-0.2, 0) is 20.7 Å². The van der Waals surface area contributed by atoms with Crippen molar-refractivity contribution in [3.63, 3.8) is 0 Å². The number of hydrogen-bond acceptors (Lipinski definition) is 4. The van der Waals surface area contributed by atoms with E-state index in [1.807, 2.05) is 6.07 Å². The normalized spacial score (nSPS) is 11.8. The second-order valence-electron chi connectivity index (χ2n) is 2.83. The smallest absolute Gasteiger partial charge is 0.316 e. The average Bonchev–Trinajstić information content (AvgIpc) is 2.26. The fourth-order valence-electron chi connectivity index (χ4n) is 1.11.